The molecule has 30 heavy (non-hydrogen) atoms. The van der Waals surface area contributed by atoms with Crippen LogP contribution in [0.5, 0.6) is 17.2 Å². The van der Waals surface area contributed by atoms with Crippen LogP contribution in [0, 0.1) is 0 Å². The first kappa shape index (κ1) is 21.2. The summed E-state index contributed by atoms with van der Waals surface area (Å²) in [5.41, 5.74) is 2.72. The Balaban J connectivity index is 1.75. The molecule has 158 valence electrons. The van der Waals surface area contributed by atoms with Crippen LogP contribution in [0.4, 0.5) is 0 Å². The molecule has 0 spiro atoms. The lowest BCUT2D eigenvalue weighted by molar-refractivity contribution is -0.130. The lowest BCUT2D eigenvalue weighted by Gasteiger charge is -2.32. The van der Waals surface area contributed by atoms with Gasteiger partial charge in [-0.3, -0.25) is 9.59 Å². The molecule has 1 aliphatic heterocycles. The molecule has 0 bridgehead atoms. The van der Waals surface area contributed by atoms with Gasteiger partial charge in [0.1, 0.15) is 5.75 Å². The topological polar surface area (TPSA) is 77.1 Å². The van der Waals surface area contributed by atoms with E-state index in [0.717, 1.165) is 16.7 Å². The van der Waals surface area contributed by atoms with Gasteiger partial charge in [0.05, 0.1) is 33.8 Å². The first-order valence-electron chi connectivity index (χ1n) is 9.60. The summed E-state index contributed by atoms with van der Waals surface area (Å²) < 4.78 is 16.0. The fraction of sp³-hybridized carbons (Fsp3) is 0.304. The summed E-state index contributed by atoms with van der Waals surface area (Å²) in [4.78, 5) is 26.5. The van der Waals surface area contributed by atoms with Crippen molar-refractivity contribution in [2.45, 2.75) is 25.9 Å². The van der Waals surface area contributed by atoms with E-state index in [0.29, 0.717) is 17.2 Å². The van der Waals surface area contributed by atoms with Crippen LogP contribution in [0.2, 0.25) is 0 Å². The molecule has 0 fully saturated rings. The Hall–Kier alpha value is -3.48. The van der Waals surface area contributed by atoms with Gasteiger partial charge in [0.15, 0.2) is 11.5 Å². The van der Waals surface area contributed by atoms with Crippen molar-refractivity contribution in [2.75, 3.05) is 21.3 Å². The summed E-state index contributed by atoms with van der Waals surface area (Å²) in [6.45, 7) is 1.75. The number of rotatable bonds is 7. The summed E-state index contributed by atoms with van der Waals surface area (Å²) in [5, 5.41) is 2.92. The van der Waals surface area contributed by atoms with E-state index in [-0.39, 0.29) is 30.8 Å². The van der Waals surface area contributed by atoms with Crippen molar-refractivity contribution in [3.8, 4) is 17.2 Å². The second kappa shape index (κ2) is 9.35. The van der Waals surface area contributed by atoms with Gasteiger partial charge in [-0.2, -0.15) is 0 Å². The molecule has 3 rings (SSSR count). The van der Waals surface area contributed by atoms with E-state index in [9.17, 15) is 9.59 Å². The van der Waals surface area contributed by atoms with Crippen molar-refractivity contribution < 1.29 is 23.8 Å². The number of nitrogens with one attached hydrogen (secondary N) is 1. The number of carbonyl (C=O) groups excluding carboxylic acids is 2. The predicted octanol–water partition coefficient (Wildman–Crippen LogP) is 3.29. The Bertz CT molecular complexity index is 970. The van der Waals surface area contributed by atoms with E-state index in [2.05, 4.69) is 5.32 Å². The minimum atomic E-state index is -0.351. The molecule has 1 atom stereocenters. The highest BCUT2D eigenvalue weighted by atomic mass is 16.5. The average Bonchev–Trinajstić information content (AvgIpc) is 2.76. The summed E-state index contributed by atoms with van der Waals surface area (Å²) in [6, 6.07) is 10.9. The van der Waals surface area contributed by atoms with Gasteiger partial charge in [0.25, 0.3) is 0 Å². The second-order valence-electron chi connectivity index (χ2n) is 6.89. The zero-order valence-electron chi connectivity index (χ0n) is 17.6. The molecular weight excluding hydrogens is 384 g/mol. The fourth-order valence-corrected chi connectivity index (χ4v) is 3.59. The molecule has 0 radical (unpaired) electrons. The largest absolute Gasteiger partial charge is 0.496 e. The smallest absolute Gasteiger partial charge is 0.223 e. The SMILES string of the molecule is COc1cc(OC)c(OC)cc1CNC(=O)CC1c2ccccc2C=CN1C(C)=O. The number of ether oxygens (including phenoxy) is 3. The van der Waals surface area contributed by atoms with Crippen molar-refractivity contribution in [1.82, 2.24) is 10.2 Å². The van der Waals surface area contributed by atoms with Crippen molar-refractivity contribution in [1.29, 1.82) is 0 Å². The van der Waals surface area contributed by atoms with Gasteiger partial charge in [0, 0.05) is 31.3 Å². The molecule has 2 amide bonds. The molecule has 0 saturated heterocycles. The number of hydrogen-bond donors (Lipinski definition) is 1. The Morgan fingerprint density at radius 1 is 1.00 bits per heavy atom. The van der Waals surface area contributed by atoms with Crippen molar-refractivity contribution in [3.05, 3.63) is 59.3 Å². The van der Waals surface area contributed by atoms with Crippen LogP contribution in [0.3, 0.4) is 0 Å². The van der Waals surface area contributed by atoms with Gasteiger partial charge in [-0.05, 0) is 23.3 Å². The Labute approximate surface area is 176 Å². The summed E-state index contributed by atoms with van der Waals surface area (Å²) in [7, 11) is 4.66. The normalized spacial score (nSPS) is 14.7. The zero-order valence-corrected chi connectivity index (χ0v) is 17.6. The summed E-state index contributed by atoms with van der Waals surface area (Å²) in [6.07, 6.45) is 3.77. The van der Waals surface area contributed by atoms with Crippen LogP contribution in [0.25, 0.3) is 6.08 Å². The van der Waals surface area contributed by atoms with Crippen LogP contribution in [0.1, 0.15) is 36.1 Å². The third-order valence-electron chi connectivity index (χ3n) is 5.11. The fourth-order valence-electron chi connectivity index (χ4n) is 3.59. The molecule has 1 unspecified atom stereocenters. The number of benzene rings is 2. The van der Waals surface area contributed by atoms with Gasteiger partial charge < -0.3 is 24.4 Å². The number of amides is 2. The molecule has 1 N–H and O–H groups in total. The van der Waals surface area contributed by atoms with Crippen molar-refractivity contribution in [2.24, 2.45) is 0 Å². The summed E-state index contributed by atoms with van der Waals surface area (Å²) in [5.74, 6) is 1.40. The van der Waals surface area contributed by atoms with E-state index < -0.39 is 0 Å². The van der Waals surface area contributed by atoms with E-state index in [1.54, 1.807) is 44.6 Å². The minimum Gasteiger partial charge on any atom is -0.496 e. The van der Waals surface area contributed by atoms with Crippen LogP contribution in [0.15, 0.2) is 42.6 Å². The zero-order chi connectivity index (χ0) is 21.7. The molecule has 2 aromatic carbocycles. The molecule has 1 heterocycles. The van der Waals surface area contributed by atoms with E-state index in [1.807, 2.05) is 30.3 Å². The highest BCUT2D eigenvalue weighted by molar-refractivity contribution is 5.81. The van der Waals surface area contributed by atoms with Crippen LogP contribution >= 0.6 is 0 Å². The van der Waals surface area contributed by atoms with Gasteiger partial charge >= 0.3 is 0 Å². The number of fused-ring (bicyclic) bond motifs is 1. The van der Waals surface area contributed by atoms with E-state index in [4.69, 9.17) is 14.2 Å². The number of carbonyl (C=O) groups is 2. The molecule has 1 aliphatic rings. The van der Waals surface area contributed by atoms with Crippen LogP contribution in [-0.4, -0.2) is 38.0 Å². The van der Waals surface area contributed by atoms with E-state index >= 15 is 0 Å². The minimum absolute atomic E-state index is 0.111. The lowest BCUT2D eigenvalue weighted by Crippen LogP contribution is -2.35. The molecule has 2 aromatic rings. The van der Waals surface area contributed by atoms with Gasteiger partial charge in [-0.1, -0.05) is 24.3 Å². The standard InChI is InChI=1S/C23H26N2O5/c1-15(26)25-10-9-16-7-5-6-8-18(16)19(25)12-23(27)24-14-17-11-21(29-3)22(30-4)13-20(17)28-2/h5-11,13,19H,12,14H2,1-4H3,(H,24,27). The maximum absolute atomic E-state index is 12.8. The van der Waals surface area contributed by atoms with Crippen molar-refractivity contribution >= 4 is 17.9 Å². The first-order chi connectivity index (χ1) is 14.5. The number of hydrogen-bond acceptors (Lipinski definition) is 5. The quantitative estimate of drug-likeness (QED) is 0.758. The predicted molar refractivity (Wildman–Crippen MR) is 113 cm³/mol. The maximum atomic E-state index is 12.8. The number of nitrogens with zero attached hydrogens (tertiary/aromatic N) is 1. The molecule has 7 heteroatoms. The van der Waals surface area contributed by atoms with Crippen molar-refractivity contribution in [3.63, 3.8) is 0 Å². The molecule has 0 saturated carbocycles. The molecule has 7 nitrogen and oxygen atoms in total. The number of methoxy groups -OCH3 is 3. The Kier molecular flexibility index (Phi) is 6.61. The van der Waals surface area contributed by atoms with Gasteiger partial charge in [-0.15, -0.1) is 0 Å². The summed E-state index contributed by atoms with van der Waals surface area (Å²) >= 11 is 0. The van der Waals surface area contributed by atoms with Gasteiger partial charge in [-0.25, -0.2) is 0 Å². The monoisotopic (exact) mass is 410 g/mol. The Morgan fingerprint density at radius 3 is 2.33 bits per heavy atom. The Morgan fingerprint density at radius 2 is 1.67 bits per heavy atom. The van der Waals surface area contributed by atoms with Crippen LogP contribution < -0.4 is 19.5 Å². The molecule has 0 aromatic heterocycles. The highest BCUT2D eigenvalue weighted by Gasteiger charge is 2.28. The lowest BCUT2D eigenvalue weighted by atomic mass is 9.93. The third kappa shape index (κ3) is 4.40. The molecule has 0 aliphatic carbocycles. The van der Waals surface area contributed by atoms with Crippen LogP contribution in [-0.2, 0) is 16.1 Å². The highest BCUT2D eigenvalue weighted by Crippen LogP contribution is 2.35. The third-order valence-corrected chi connectivity index (χ3v) is 5.11. The van der Waals surface area contributed by atoms with Gasteiger partial charge in [0.2, 0.25) is 11.8 Å². The maximum Gasteiger partial charge on any atom is 0.223 e. The van der Waals surface area contributed by atoms with E-state index in [1.165, 1.54) is 6.92 Å². The average molecular weight is 410 g/mol. The first-order valence-corrected chi connectivity index (χ1v) is 9.60. The molecular formula is C23H26N2O5. The second-order valence-corrected chi connectivity index (χ2v) is 6.89.